The molecule has 25 heavy (non-hydrogen) atoms. The average Bonchev–Trinajstić information content (AvgIpc) is 2.78. The molecule has 0 atom stereocenters. The van der Waals surface area contributed by atoms with Crippen LogP contribution in [0, 0.1) is 5.82 Å². The number of carbonyl (C=O) groups is 4. The molecule has 1 N–H and O–H groups in total. The SMILES string of the molecule is CCOCCCN1C(=O)C(=O)N(CC(=O)Nc2ccc(F)cc2)C1=O. The maximum absolute atomic E-state index is 12.8. The van der Waals surface area contributed by atoms with E-state index in [9.17, 15) is 23.6 Å². The third-order valence-corrected chi connectivity index (χ3v) is 3.44. The minimum atomic E-state index is -1.05. The number of halogens is 1. The minimum Gasteiger partial charge on any atom is -0.382 e. The van der Waals surface area contributed by atoms with Crippen LogP contribution in [0.3, 0.4) is 0 Å². The summed E-state index contributed by atoms with van der Waals surface area (Å²) >= 11 is 0. The summed E-state index contributed by atoms with van der Waals surface area (Å²) in [5, 5.41) is 2.43. The van der Waals surface area contributed by atoms with Gasteiger partial charge in [0, 0.05) is 25.4 Å². The number of nitrogens with zero attached hydrogens (tertiary/aromatic N) is 2. The Labute approximate surface area is 143 Å². The fraction of sp³-hybridized carbons (Fsp3) is 0.375. The highest BCUT2D eigenvalue weighted by molar-refractivity contribution is 6.45. The van der Waals surface area contributed by atoms with Gasteiger partial charge in [0.2, 0.25) is 5.91 Å². The van der Waals surface area contributed by atoms with Crippen LogP contribution in [0.4, 0.5) is 14.9 Å². The second-order valence-corrected chi connectivity index (χ2v) is 5.24. The predicted molar refractivity (Wildman–Crippen MR) is 85.0 cm³/mol. The lowest BCUT2D eigenvalue weighted by atomic mass is 10.3. The van der Waals surface area contributed by atoms with E-state index in [2.05, 4.69) is 5.32 Å². The largest absolute Gasteiger partial charge is 0.382 e. The number of rotatable bonds is 8. The summed E-state index contributed by atoms with van der Waals surface area (Å²) in [4.78, 5) is 49.3. The molecule has 0 saturated carbocycles. The predicted octanol–water partition coefficient (Wildman–Crippen LogP) is 0.982. The first-order valence-corrected chi connectivity index (χ1v) is 7.74. The Morgan fingerprint density at radius 2 is 1.76 bits per heavy atom. The van der Waals surface area contributed by atoms with Crippen LogP contribution in [-0.2, 0) is 19.1 Å². The molecule has 5 amide bonds. The molecule has 1 aliphatic heterocycles. The van der Waals surface area contributed by atoms with Gasteiger partial charge in [-0.25, -0.2) is 14.1 Å². The number of imide groups is 2. The van der Waals surface area contributed by atoms with Gasteiger partial charge in [0.15, 0.2) is 0 Å². The molecule has 9 heteroatoms. The normalized spacial score (nSPS) is 14.4. The molecular formula is C16H18FN3O5. The van der Waals surface area contributed by atoms with Crippen molar-refractivity contribution in [2.75, 3.05) is 31.6 Å². The standard InChI is InChI=1S/C16H18FN3O5/c1-2-25-9-3-8-19-14(22)15(23)20(16(19)24)10-13(21)18-12-6-4-11(17)5-7-12/h4-7H,2-3,8-10H2,1H3,(H,18,21). The van der Waals surface area contributed by atoms with Gasteiger partial charge in [-0.15, -0.1) is 0 Å². The number of ether oxygens (including phenoxy) is 1. The van der Waals surface area contributed by atoms with E-state index >= 15 is 0 Å². The Kier molecular flexibility index (Phi) is 6.18. The smallest absolute Gasteiger partial charge is 0.334 e. The molecule has 1 aliphatic rings. The van der Waals surface area contributed by atoms with Gasteiger partial charge in [-0.1, -0.05) is 0 Å². The fourth-order valence-corrected chi connectivity index (χ4v) is 2.23. The highest BCUT2D eigenvalue weighted by Gasteiger charge is 2.44. The summed E-state index contributed by atoms with van der Waals surface area (Å²) in [6.45, 7) is 2.13. The molecule has 8 nitrogen and oxygen atoms in total. The molecular weight excluding hydrogens is 333 g/mol. The second kappa shape index (κ2) is 8.34. The molecule has 0 spiro atoms. The zero-order chi connectivity index (χ0) is 18.4. The lowest BCUT2D eigenvalue weighted by Crippen LogP contribution is -2.39. The molecule has 2 rings (SSSR count). The van der Waals surface area contributed by atoms with E-state index in [-0.39, 0.29) is 6.54 Å². The van der Waals surface area contributed by atoms with Crippen molar-refractivity contribution in [1.82, 2.24) is 9.80 Å². The van der Waals surface area contributed by atoms with Gasteiger partial charge < -0.3 is 10.1 Å². The topological polar surface area (TPSA) is 96.0 Å². The molecule has 0 aliphatic carbocycles. The monoisotopic (exact) mass is 351 g/mol. The number of anilines is 1. The molecule has 1 heterocycles. The maximum Gasteiger partial charge on any atom is 0.334 e. The van der Waals surface area contributed by atoms with Crippen LogP contribution in [0.25, 0.3) is 0 Å². The van der Waals surface area contributed by atoms with Crippen LogP contribution in [0.1, 0.15) is 13.3 Å². The van der Waals surface area contributed by atoms with Crippen molar-refractivity contribution in [2.45, 2.75) is 13.3 Å². The number of benzene rings is 1. The van der Waals surface area contributed by atoms with E-state index in [1.165, 1.54) is 12.1 Å². The minimum absolute atomic E-state index is 0.0412. The van der Waals surface area contributed by atoms with Gasteiger partial charge in [0.05, 0.1) is 0 Å². The zero-order valence-corrected chi connectivity index (χ0v) is 13.7. The first-order chi connectivity index (χ1) is 11.9. The summed E-state index contributed by atoms with van der Waals surface area (Å²) in [6.07, 6.45) is 0.397. The van der Waals surface area contributed by atoms with E-state index in [4.69, 9.17) is 4.74 Å². The average molecular weight is 351 g/mol. The summed E-state index contributed by atoms with van der Waals surface area (Å²) in [5.74, 6) is -3.14. The van der Waals surface area contributed by atoms with Crippen molar-refractivity contribution in [3.05, 3.63) is 30.1 Å². The highest BCUT2D eigenvalue weighted by Crippen LogP contribution is 2.13. The van der Waals surface area contributed by atoms with Crippen LogP contribution < -0.4 is 5.32 Å². The van der Waals surface area contributed by atoms with Crippen molar-refractivity contribution in [3.63, 3.8) is 0 Å². The van der Waals surface area contributed by atoms with Gasteiger partial charge in [0.25, 0.3) is 0 Å². The molecule has 134 valence electrons. The second-order valence-electron chi connectivity index (χ2n) is 5.24. The Morgan fingerprint density at radius 3 is 2.40 bits per heavy atom. The van der Waals surface area contributed by atoms with Crippen molar-refractivity contribution in [2.24, 2.45) is 0 Å². The molecule has 0 bridgehead atoms. The molecule has 1 aromatic rings. The van der Waals surface area contributed by atoms with Gasteiger partial charge >= 0.3 is 17.8 Å². The number of hydrogen-bond donors (Lipinski definition) is 1. The van der Waals surface area contributed by atoms with E-state index in [0.717, 1.165) is 17.0 Å². The van der Waals surface area contributed by atoms with Gasteiger partial charge in [0.1, 0.15) is 12.4 Å². The van der Waals surface area contributed by atoms with Crippen molar-refractivity contribution in [1.29, 1.82) is 0 Å². The Balaban J connectivity index is 1.93. The summed E-state index contributed by atoms with van der Waals surface area (Å²) < 4.78 is 17.9. The molecule has 0 aromatic heterocycles. The molecule has 1 aromatic carbocycles. The lowest BCUT2D eigenvalue weighted by Gasteiger charge is -2.15. The van der Waals surface area contributed by atoms with Gasteiger partial charge in [-0.3, -0.25) is 19.3 Å². The van der Waals surface area contributed by atoms with Gasteiger partial charge in [-0.2, -0.15) is 0 Å². The van der Waals surface area contributed by atoms with Crippen molar-refractivity contribution in [3.8, 4) is 0 Å². The lowest BCUT2D eigenvalue weighted by molar-refractivity contribution is -0.143. The maximum atomic E-state index is 12.8. The van der Waals surface area contributed by atoms with E-state index in [0.29, 0.717) is 30.2 Å². The van der Waals surface area contributed by atoms with Gasteiger partial charge in [-0.05, 0) is 37.6 Å². The Morgan fingerprint density at radius 1 is 1.12 bits per heavy atom. The number of amides is 5. The Bertz CT molecular complexity index is 677. The summed E-state index contributed by atoms with van der Waals surface area (Å²) in [5.41, 5.74) is 0.311. The van der Waals surface area contributed by atoms with Crippen LogP contribution >= 0.6 is 0 Å². The van der Waals surface area contributed by atoms with Crippen LogP contribution in [0.5, 0.6) is 0 Å². The van der Waals surface area contributed by atoms with E-state index in [1.54, 1.807) is 0 Å². The Hall–Kier alpha value is -2.81. The number of hydrogen-bond acceptors (Lipinski definition) is 5. The fourth-order valence-electron chi connectivity index (χ4n) is 2.23. The molecule has 0 unspecified atom stereocenters. The van der Waals surface area contributed by atoms with Crippen LogP contribution in [-0.4, -0.2) is 59.9 Å². The number of carbonyl (C=O) groups excluding carboxylic acids is 4. The van der Waals surface area contributed by atoms with Crippen molar-refractivity contribution < 1.29 is 28.3 Å². The molecule has 1 saturated heterocycles. The quantitative estimate of drug-likeness (QED) is 0.428. The summed E-state index contributed by atoms with van der Waals surface area (Å²) in [6, 6.07) is 4.16. The first-order valence-electron chi connectivity index (χ1n) is 7.74. The zero-order valence-electron chi connectivity index (χ0n) is 13.7. The third kappa shape index (κ3) is 4.60. The van der Waals surface area contributed by atoms with E-state index in [1.807, 2.05) is 6.92 Å². The van der Waals surface area contributed by atoms with E-state index < -0.39 is 36.1 Å². The van der Waals surface area contributed by atoms with Crippen LogP contribution in [0.2, 0.25) is 0 Å². The number of urea groups is 1. The van der Waals surface area contributed by atoms with Crippen molar-refractivity contribution >= 4 is 29.4 Å². The first kappa shape index (κ1) is 18.5. The third-order valence-electron chi connectivity index (χ3n) is 3.44. The highest BCUT2D eigenvalue weighted by atomic mass is 19.1. The summed E-state index contributed by atoms with van der Waals surface area (Å²) in [7, 11) is 0. The van der Waals surface area contributed by atoms with Crippen LogP contribution in [0.15, 0.2) is 24.3 Å². The number of nitrogens with one attached hydrogen (secondary N) is 1. The molecule has 0 radical (unpaired) electrons. The molecule has 1 fully saturated rings.